The highest BCUT2D eigenvalue weighted by Gasteiger charge is 2.76. The average Bonchev–Trinajstić information content (AvgIpc) is 3.27. The number of fused-ring (bicyclic) bond motifs is 2. The van der Waals surface area contributed by atoms with Gasteiger partial charge in [0.1, 0.15) is 0 Å². The van der Waals surface area contributed by atoms with Crippen LogP contribution in [-0.2, 0) is 29.2 Å². The largest absolute Gasteiger partial charge is 0.462 e. The van der Waals surface area contributed by atoms with Gasteiger partial charge in [-0.1, -0.05) is 66.7 Å². The van der Waals surface area contributed by atoms with Gasteiger partial charge in [-0.05, 0) is 61.1 Å². The Morgan fingerprint density at radius 3 is 2.00 bits per heavy atom. The molecule has 0 aromatic heterocycles. The van der Waals surface area contributed by atoms with Crippen LogP contribution in [0.5, 0.6) is 0 Å². The van der Waals surface area contributed by atoms with E-state index in [1.807, 2.05) is 27.7 Å². The molecule has 3 fully saturated rings. The Bertz CT molecular complexity index is 984. The minimum absolute atomic E-state index is 0.131. The number of rotatable bonds is 9. The highest BCUT2D eigenvalue weighted by molar-refractivity contribution is 5.93. The van der Waals surface area contributed by atoms with Crippen molar-refractivity contribution in [3.05, 3.63) is 34.9 Å². The molecule has 5 nitrogen and oxygen atoms in total. The quantitative estimate of drug-likeness (QED) is 0.394. The molecule has 35 heavy (non-hydrogen) atoms. The second-order valence-electron chi connectivity index (χ2n) is 12.6. The van der Waals surface area contributed by atoms with E-state index in [1.54, 1.807) is 0 Å². The third-order valence-corrected chi connectivity index (χ3v) is 10.2. The van der Waals surface area contributed by atoms with E-state index < -0.39 is 16.4 Å². The average molecular weight is 485 g/mol. The van der Waals surface area contributed by atoms with Gasteiger partial charge in [-0.25, -0.2) is 4.79 Å². The molecule has 1 heterocycles. The van der Waals surface area contributed by atoms with Crippen molar-refractivity contribution in [3.8, 4) is 0 Å². The van der Waals surface area contributed by atoms with E-state index in [0.29, 0.717) is 44.5 Å². The summed E-state index contributed by atoms with van der Waals surface area (Å²) in [5, 5.41) is 0. The van der Waals surface area contributed by atoms with Gasteiger partial charge in [-0.15, -0.1) is 0 Å². The summed E-state index contributed by atoms with van der Waals surface area (Å²) >= 11 is 0. The fraction of sp³-hybridized carbons (Fsp3) is 0.733. The molecular weight excluding hydrogens is 440 g/mol. The molecule has 2 saturated carbocycles. The molecule has 4 rings (SSSR count). The summed E-state index contributed by atoms with van der Waals surface area (Å²) in [6.07, 6.45) is 1.18. The minimum atomic E-state index is -1.18. The zero-order valence-corrected chi connectivity index (χ0v) is 23.1. The topological polar surface area (TPSA) is 61.8 Å². The van der Waals surface area contributed by atoms with Crippen molar-refractivity contribution in [2.24, 2.45) is 22.7 Å². The van der Waals surface area contributed by atoms with Crippen LogP contribution in [0.4, 0.5) is 0 Å². The molecule has 5 heteroatoms. The van der Waals surface area contributed by atoms with Crippen molar-refractivity contribution in [2.75, 3.05) is 19.8 Å². The van der Waals surface area contributed by atoms with Crippen LogP contribution in [0.15, 0.2) is 18.2 Å². The first kappa shape index (κ1) is 26.2. The first-order chi connectivity index (χ1) is 16.3. The zero-order chi connectivity index (χ0) is 26.0. The number of esters is 2. The van der Waals surface area contributed by atoms with E-state index in [-0.39, 0.29) is 29.2 Å². The van der Waals surface area contributed by atoms with Crippen molar-refractivity contribution in [3.63, 3.8) is 0 Å². The maximum absolute atomic E-state index is 13.5. The highest BCUT2D eigenvalue weighted by atomic mass is 16.6. The molecule has 0 N–H and O–H groups in total. The molecule has 2 unspecified atom stereocenters. The van der Waals surface area contributed by atoms with E-state index in [2.05, 4.69) is 52.8 Å². The van der Waals surface area contributed by atoms with E-state index >= 15 is 0 Å². The van der Waals surface area contributed by atoms with Gasteiger partial charge in [0.05, 0.1) is 18.6 Å². The van der Waals surface area contributed by atoms with E-state index in [1.165, 1.54) is 16.7 Å². The summed E-state index contributed by atoms with van der Waals surface area (Å²) in [5.41, 5.74) is 1.45. The van der Waals surface area contributed by atoms with Gasteiger partial charge >= 0.3 is 11.9 Å². The van der Waals surface area contributed by atoms with Gasteiger partial charge in [0.15, 0.2) is 0 Å². The standard InChI is InChI=1S/C30H44O5/c1-10-33-16-23-24(29(23,9)22-14-20(18(2)3)13-21(15-22)19(4)5)17-34-26(32)30-12-11-28(8,25(31)35-30)27(30,6)7/h13-15,18-19,23-24H,10-12,16-17H2,1-9H3/t23-,24-,28?,29+,30?/m0/s1. The molecule has 5 atom stereocenters. The highest BCUT2D eigenvalue weighted by Crippen LogP contribution is 2.66. The molecule has 1 aromatic carbocycles. The van der Waals surface area contributed by atoms with E-state index in [0.717, 1.165) is 0 Å². The molecule has 0 amide bonds. The fourth-order valence-electron chi connectivity index (χ4n) is 6.59. The van der Waals surface area contributed by atoms with Crippen molar-refractivity contribution in [1.29, 1.82) is 0 Å². The smallest absolute Gasteiger partial charge is 0.351 e. The SMILES string of the molecule is CCOC[C@H]1[C@H](COC(=O)C23CCC(C)(C(=O)O2)C3(C)C)[C@]1(C)c1cc(C(C)C)cc(C(C)C)c1. The molecule has 2 bridgehead atoms. The van der Waals surface area contributed by atoms with Crippen LogP contribution in [0, 0.1) is 22.7 Å². The Morgan fingerprint density at radius 2 is 1.54 bits per heavy atom. The van der Waals surface area contributed by atoms with Crippen molar-refractivity contribution < 1.29 is 23.8 Å². The van der Waals surface area contributed by atoms with E-state index in [9.17, 15) is 9.59 Å². The lowest BCUT2D eigenvalue weighted by molar-refractivity contribution is -0.183. The van der Waals surface area contributed by atoms with Crippen LogP contribution in [0.3, 0.4) is 0 Å². The molecule has 3 aliphatic rings. The van der Waals surface area contributed by atoms with Gasteiger partial charge < -0.3 is 14.2 Å². The number of hydrogen-bond acceptors (Lipinski definition) is 5. The summed E-state index contributed by atoms with van der Waals surface area (Å²) in [6, 6.07) is 6.99. The van der Waals surface area contributed by atoms with Crippen LogP contribution in [0.1, 0.15) is 104 Å². The summed E-state index contributed by atoms with van der Waals surface area (Å²) in [7, 11) is 0. The Labute approximate surface area is 211 Å². The van der Waals surface area contributed by atoms with Gasteiger partial charge in [0.25, 0.3) is 0 Å². The van der Waals surface area contributed by atoms with Crippen LogP contribution >= 0.6 is 0 Å². The monoisotopic (exact) mass is 484 g/mol. The Balaban J connectivity index is 1.58. The van der Waals surface area contributed by atoms with Crippen molar-refractivity contribution in [1.82, 2.24) is 0 Å². The molecule has 0 radical (unpaired) electrons. The molecule has 1 saturated heterocycles. The van der Waals surface area contributed by atoms with Crippen LogP contribution in [-0.4, -0.2) is 37.4 Å². The van der Waals surface area contributed by atoms with Crippen molar-refractivity contribution in [2.45, 2.75) is 98.0 Å². The fourth-order valence-corrected chi connectivity index (χ4v) is 6.59. The molecule has 1 aliphatic heterocycles. The van der Waals surface area contributed by atoms with Crippen LogP contribution in [0.2, 0.25) is 0 Å². The van der Waals surface area contributed by atoms with Crippen LogP contribution < -0.4 is 0 Å². The maximum Gasteiger partial charge on any atom is 0.351 e. The Kier molecular flexibility index (Phi) is 6.44. The summed E-state index contributed by atoms with van der Waals surface area (Å²) in [6.45, 7) is 20.7. The van der Waals surface area contributed by atoms with E-state index in [4.69, 9.17) is 14.2 Å². The first-order valence-electron chi connectivity index (χ1n) is 13.4. The number of hydrogen-bond donors (Lipinski definition) is 0. The predicted molar refractivity (Wildman–Crippen MR) is 136 cm³/mol. The molecule has 194 valence electrons. The predicted octanol–water partition coefficient (Wildman–Crippen LogP) is 6.14. The molecule has 1 aromatic rings. The number of benzene rings is 1. The molecular formula is C30H44O5. The third kappa shape index (κ3) is 3.67. The van der Waals surface area contributed by atoms with Gasteiger partial charge in [0.2, 0.25) is 5.60 Å². The minimum Gasteiger partial charge on any atom is -0.462 e. The lowest BCUT2D eigenvalue weighted by Gasteiger charge is -2.34. The lowest BCUT2D eigenvalue weighted by Crippen LogP contribution is -2.49. The Hall–Kier alpha value is -1.88. The second kappa shape index (κ2) is 8.61. The van der Waals surface area contributed by atoms with Gasteiger partial charge in [-0.2, -0.15) is 0 Å². The zero-order valence-electron chi connectivity index (χ0n) is 23.1. The molecule has 0 spiro atoms. The third-order valence-electron chi connectivity index (χ3n) is 10.2. The van der Waals surface area contributed by atoms with Crippen LogP contribution in [0.25, 0.3) is 0 Å². The Morgan fingerprint density at radius 1 is 0.971 bits per heavy atom. The second-order valence-corrected chi connectivity index (χ2v) is 12.6. The summed E-state index contributed by atoms with van der Waals surface area (Å²) in [5.74, 6) is 0.633. The summed E-state index contributed by atoms with van der Waals surface area (Å²) in [4.78, 5) is 26.1. The van der Waals surface area contributed by atoms with Gasteiger partial charge in [-0.3, -0.25) is 4.79 Å². The first-order valence-corrected chi connectivity index (χ1v) is 13.4. The van der Waals surface area contributed by atoms with Crippen molar-refractivity contribution >= 4 is 11.9 Å². The van der Waals surface area contributed by atoms with Gasteiger partial charge in [0, 0.05) is 23.4 Å². The molecule has 2 aliphatic carbocycles. The number of carbonyl (C=O) groups excluding carboxylic acids is 2. The lowest BCUT2D eigenvalue weighted by atomic mass is 9.66. The maximum atomic E-state index is 13.5. The number of carbonyl (C=O) groups is 2. The number of ether oxygens (including phenoxy) is 3. The normalized spacial score (nSPS) is 35.0. The summed E-state index contributed by atoms with van der Waals surface area (Å²) < 4.78 is 17.6.